The second kappa shape index (κ2) is 8.65. The molecule has 31 heavy (non-hydrogen) atoms. The van der Waals surface area contributed by atoms with Gasteiger partial charge in [-0.05, 0) is 74.1 Å². The number of hydrogen-bond donors (Lipinski definition) is 1. The molecule has 1 aliphatic rings. The van der Waals surface area contributed by atoms with Crippen LogP contribution in [0.4, 0.5) is 0 Å². The van der Waals surface area contributed by atoms with Crippen molar-refractivity contribution in [3.8, 4) is 27.3 Å². The SMILES string of the molecule is CN1CCC(COc2c(-c3cccs3)c(=O)[nH]c3ccc(-c4cccnc4)cc23)CC1. The standard InChI is InChI=1S/C25H25N3O2S/c1-28-11-8-17(9-12-28)16-30-24-20-14-18(19-4-2-10-26-15-19)6-7-21(20)27-25(29)23(24)22-5-3-13-31-22/h2-7,10,13-15,17H,8-9,11-12,16H2,1H3,(H,27,29). The fraction of sp³-hybridized carbons (Fsp3) is 0.280. The molecule has 5 nitrogen and oxygen atoms in total. The lowest BCUT2D eigenvalue weighted by Crippen LogP contribution is -2.32. The smallest absolute Gasteiger partial charge is 0.260 e. The summed E-state index contributed by atoms with van der Waals surface area (Å²) in [6, 6.07) is 14.0. The highest BCUT2D eigenvalue weighted by molar-refractivity contribution is 7.13. The number of hydrogen-bond acceptors (Lipinski definition) is 5. The number of nitrogens with zero attached hydrogens (tertiary/aromatic N) is 2. The minimum absolute atomic E-state index is 0.109. The average Bonchev–Trinajstić information content (AvgIpc) is 3.33. The lowest BCUT2D eigenvalue weighted by molar-refractivity contribution is 0.161. The summed E-state index contributed by atoms with van der Waals surface area (Å²) in [6.07, 6.45) is 5.86. The maximum atomic E-state index is 13.1. The summed E-state index contributed by atoms with van der Waals surface area (Å²) >= 11 is 1.56. The minimum Gasteiger partial charge on any atom is -0.492 e. The summed E-state index contributed by atoms with van der Waals surface area (Å²) in [5.74, 6) is 1.19. The highest BCUT2D eigenvalue weighted by Gasteiger charge is 2.21. The maximum Gasteiger partial charge on any atom is 0.260 e. The zero-order valence-corrected chi connectivity index (χ0v) is 18.3. The third kappa shape index (κ3) is 4.13. The molecule has 0 atom stereocenters. The van der Waals surface area contributed by atoms with Crippen LogP contribution < -0.4 is 10.3 Å². The molecule has 0 saturated carbocycles. The summed E-state index contributed by atoms with van der Waals surface area (Å²) in [5, 5.41) is 2.92. The monoisotopic (exact) mass is 431 g/mol. The zero-order chi connectivity index (χ0) is 21.2. The van der Waals surface area contributed by atoms with Crippen LogP contribution in [0, 0.1) is 5.92 Å². The molecular weight excluding hydrogens is 406 g/mol. The van der Waals surface area contributed by atoms with Crippen LogP contribution in [0.25, 0.3) is 32.5 Å². The number of H-pyrrole nitrogens is 1. The van der Waals surface area contributed by atoms with Crippen LogP contribution in [0.15, 0.2) is 65.0 Å². The molecule has 158 valence electrons. The van der Waals surface area contributed by atoms with Crippen molar-refractivity contribution in [3.05, 3.63) is 70.6 Å². The Kier molecular flexibility index (Phi) is 5.57. The molecule has 5 rings (SSSR count). The molecule has 0 aliphatic carbocycles. The van der Waals surface area contributed by atoms with Crippen LogP contribution >= 0.6 is 11.3 Å². The number of nitrogens with one attached hydrogen (secondary N) is 1. The quantitative estimate of drug-likeness (QED) is 0.481. The molecule has 0 radical (unpaired) electrons. The van der Waals surface area contributed by atoms with Crippen molar-refractivity contribution in [3.63, 3.8) is 0 Å². The predicted molar refractivity (Wildman–Crippen MR) is 127 cm³/mol. The summed E-state index contributed by atoms with van der Waals surface area (Å²) in [5.41, 5.74) is 3.39. The van der Waals surface area contributed by atoms with E-state index in [0.29, 0.717) is 23.8 Å². The lowest BCUT2D eigenvalue weighted by atomic mass is 9.98. The first kappa shape index (κ1) is 20.0. The Balaban J connectivity index is 1.61. The summed E-state index contributed by atoms with van der Waals surface area (Å²) < 4.78 is 6.47. The van der Waals surface area contributed by atoms with Gasteiger partial charge in [0.15, 0.2) is 0 Å². The molecule has 0 unspecified atom stereocenters. The first-order valence-electron chi connectivity index (χ1n) is 10.6. The number of ether oxygens (including phenoxy) is 1. The van der Waals surface area contributed by atoms with Crippen LogP contribution in [-0.4, -0.2) is 41.6 Å². The molecule has 4 aromatic rings. The van der Waals surface area contributed by atoms with Gasteiger partial charge in [-0.3, -0.25) is 9.78 Å². The van der Waals surface area contributed by atoms with E-state index in [0.717, 1.165) is 52.8 Å². The number of benzene rings is 1. The van der Waals surface area contributed by atoms with Crippen LogP contribution in [0.1, 0.15) is 12.8 Å². The fourth-order valence-electron chi connectivity index (χ4n) is 4.20. The first-order valence-corrected chi connectivity index (χ1v) is 11.5. The highest BCUT2D eigenvalue weighted by Crippen LogP contribution is 2.37. The van der Waals surface area contributed by atoms with E-state index in [1.165, 1.54) is 0 Å². The topological polar surface area (TPSA) is 58.2 Å². The van der Waals surface area contributed by atoms with E-state index in [4.69, 9.17) is 4.74 Å². The van der Waals surface area contributed by atoms with Gasteiger partial charge in [0.05, 0.1) is 17.7 Å². The molecule has 0 bridgehead atoms. The van der Waals surface area contributed by atoms with Crippen molar-refractivity contribution >= 4 is 22.2 Å². The molecule has 1 saturated heterocycles. The number of rotatable bonds is 5. The van der Waals surface area contributed by atoms with Crippen molar-refractivity contribution in [2.75, 3.05) is 26.7 Å². The Labute approximate surface area is 185 Å². The number of thiophene rings is 1. The third-order valence-electron chi connectivity index (χ3n) is 6.03. The lowest BCUT2D eigenvalue weighted by Gasteiger charge is -2.29. The zero-order valence-electron chi connectivity index (χ0n) is 17.5. The van der Waals surface area contributed by atoms with Crippen molar-refractivity contribution in [1.29, 1.82) is 0 Å². The number of pyridine rings is 2. The van der Waals surface area contributed by atoms with Gasteiger partial charge in [0, 0.05) is 28.2 Å². The summed E-state index contributed by atoms with van der Waals surface area (Å²) in [6.45, 7) is 2.81. The molecule has 0 amide bonds. The molecule has 1 N–H and O–H groups in total. The van der Waals surface area contributed by atoms with Crippen molar-refractivity contribution in [1.82, 2.24) is 14.9 Å². The summed E-state index contributed by atoms with van der Waals surface area (Å²) in [7, 11) is 2.16. The Hall–Kier alpha value is -2.96. The molecule has 6 heteroatoms. The van der Waals surface area contributed by atoms with Crippen molar-refractivity contribution < 1.29 is 4.74 Å². The number of piperidine rings is 1. The molecule has 1 aliphatic heterocycles. The predicted octanol–water partition coefficient (Wildman–Crippen LogP) is 5.04. The first-order chi connectivity index (χ1) is 15.2. The third-order valence-corrected chi connectivity index (χ3v) is 6.92. The van der Waals surface area contributed by atoms with Gasteiger partial charge in [-0.1, -0.05) is 18.2 Å². The largest absolute Gasteiger partial charge is 0.492 e. The van der Waals surface area contributed by atoms with E-state index >= 15 is 0 Å². The van der Waals surface area contributed by atoms with Gasteiger partial charge in [-0.2, -0.15) is 0 Å². The van der Waals surface area contributed by atoms with Crippen LogP contribution in [0.5, 0.6) is 5.75 Å². The Morgan fingerprint density at radius 1 is 1.16 bits per heavy atom. The van der Waals surface area contributed by atoms with Gasteiger partial charge in [0.25, 0.3) is 5.56 Å². The summed E-state index contributed by atoms with van der Waals surface area (Å²) in [4.78, 5) is 23.6. The Morgan fingerprint density at radius 3 is 2.77 bits per heavy atom. The van der Waals surface area contributed by atoms with E-state index < -0.39 is 0 Å². The second-order valence-corrected chi connectivity index (χ2v) is 9.14. The van der Waals surface area contributed by atoms with Gasteiger partial charge in [-0.25, -0.2) is 0 Å². The van der Waals surface area contributed by atoms with E-state index in [1.54, 1.807) is 17.5 Å². The fourth-order valence-corrected chi connectivity index (χ4v) is 4.97. The van der Waals surface area contributed by atoms with Gasteiger partial charge < -0.3 is 14.6 Å². The van der Waals surface area contributed by atoms with E-state index in [-0.39, 0.29) is 5.56 Å². The molecule has 3 aromatic heterocycles. The molecular formula is C25H25N3O2S. The van der Waals surface area contributed by atoms with Gasteiger partial charge in [0.2, 0.25) is 0 Å². The Bertz CT molecular complexity index is 1230. The molecule has 1 fully saturated rings. The maximum absolute atomic E-state index is 13.1. The molecule has 1 aromatic carbocycles. The average molecular weight is 432 g/mol. The normalized spacial score (nSPS) is 15.4. The van der Waals surface area contributed by atoms with E-state index in [1.807, 2.05) is 48.0 Å². The van der Waals surface area contributed by atoms with Crippen molar-refractivity contribution in [2.24, 2.45) is 5.92 Å². The number of fused-ring (bicyclic) bond motifs is 1. The van der Waals surface area contributed by atoms with Crippen LogP contribution in [0.3, 0.4) is 0 Å². The van der Waals surface area contributed by atoms with Gasteiger partial charge in [-0.15, -0.1) is 11.3 Å². The number of aromatic amines is 1. The minimum atomic E-state index is -0.109. The molecule has 4 heterocycles. The molecule has 0 spiro atoms. The van der Waals surface area contributed by atoms with E-state index in [9.17, 15) is 4.79 Å². The van der Waals surface area contributed by atoms with E-state index in [2.05, 4.69) is 28.0 Å². The van der Waals surface area contributed by atoms with Crippen molar-refractivity contribution in [2.45, 2.75) is 12.8 Å². The van der Waals surface area contributed by atoms with Crippen LogP contribution in [0.2, 0.25) is 0 Å². The highest BCUT2D eigenvalue weighted by atomic mass is 32.1. The second-order valence-electron chi connectivity index (χ2n) is 8.20. The van der Waals surface area contributed by atoms with Gasteiger partial charge in [0.1, 0.15) is 5.75 Å². The van der Waals surface area contributed by atoms with Gasteiger partial charge >= 0.3 is 0 Å². The number of likely N-dealkylation sites (tertiary alicyclic amines) is 1. The van der Waals surface area contributed by atoms with Crippen LogP contribution in [-0.2, 0) is 0 Å². The Morgan fingerprint density at radius 2 is 2.03 bits per heavy atom. The number of aromatic nitrogens is 2.